The molecular weight excluding hydrogens is 420 g/mol. The Kier molecular flexibility index (Phi) is 7.40. The van der Waals surface area contributed by atoms with Gasteiger partial charge >= 0.3 is 5.97 Å². The normalized spacial score (nSPS) is 10.4. The largest absolute Gasteiger partial charge is 0.452 e. The maximum Gasteiger partial charge on any atom is 0.341 e. The number of hydrogen-bond donors (Lipinski definition) is 1. The van der Waals surface area contributed by atoms with Crippen LogP contribution in [0.5, 0.6) is 0 Å². The SMILES string of the molecule is CN(CC(=O)Nc1ccccc1Cl)C(=O)COC(=O)c1cnn(Cc2ccccc2)c1. The molecule has 8 nitrogen and oxygen atoms in total. The van der Waals surface area contributed by atoms with Crippen LogP contribution in [0.2, 0.25) is 5.02 Å². The van der Waals surface area contributed by atoms with E-state index in [0.29, 0.717) is 17.3 Å². The first-order valence-electron chi connectivity index (χ1n) is 9.44. The van der Waals surface area contributed by atoms with Gasteiger partial charge in [-0.1, -0.05) is 54.1 Å². The van der Waals surface area contributed by atoms with Crippen LogP contribution in [0.1, 0.15) is 15.9 Å². The van der Waals surface area contributed by atoms with Crippen LogP contribution < -0.4 is 5.32 Å². The number of halogens is 1. The first-order chi connectivity index (χ1) is 14.9. The summed E-state index contributed by atoms with van der Waals surface area (Å²) < 4.78 is 6.67. The number of aromatic nitrogens is 2. The summed E-state index contributed by atoms with van der Waals surface area (Å²) in [6, 6.07) is 16.5. The number of amides is 2. The van der Waals surface area contributed by atoms with Crippen molar-refractivity contribution in [2.24, 2.45) is 0 Å². The molecule has 0 bridgehead atoms. The van der Waals surface area contributed by atoms with E-state index in [1.165, 1.54) is 13.2 Å². The number of carbonyl (C=O) groups excluding carboxylic acids is 3. The summed E-state index contributed by atoms with van der Waals surface area (Å²) in [5.41, 5.74) is 1.73. The number of carbonyl (C=O) groups is 3. The Morgan fingerprint density at radius 2 is 1.81 bits per heavy atom. The molecule has 0 radical (unpaired) electrons. The highest BCUT2D eigenvalue weighted by atomic mass is 35.5. The van der Waals surface area contributed by atoms with Gasteiger partial charge in [-0.15, -0.1) is 0 Å². The number of para-hydroxylation sites is 1. The third kappa shape index (κ3) is 6.42. The van der Waals surface area contributed by atoms with Crippen LogP contribution in [0.15, 0.2) is 67.0 Å². The van der Waals surface area contributed by atoms with E-state index in [2.05, 4.69) is 10.4 Å². The Balaban J connectivity index is 1.45. The summed E-state index contributed by atoms with van der Waals surface area (Å²) in [6.07, 6.45) is 2.94. The summed E-state index contributed by atoms with van der Waals surface area (Å²) in [5, 5.41) is 7.16. The molecular formula is C22H21ClN4O4. The van der Waals surface area contributed by atoms with Crippen molar-refractivity contribution in [2.45, 2.75) is 6.54 Å². The number of ether oxygens (including phenoxy) is 1. The Hall–Kier alpha value is -3.65. The lowest BCUT2D eigenvalue weighted by Crippen LogP contribution is -2.37. The monoisotopic (exact) mass is 440 g/mol. The van der Waals surface area contributed by atoms with Crippen LogP contribution in [-0.4, -0.2) is 52.7 Å². The molecule has 9 heteroatoms. The molecule has 0 saturated carbocycles. The lowest BCUT2D eigenvalue weighted by Gasteiger charge is -2.17. The van der Waals surface area contributed by atoms with Gasteiger partial charge in [-0.2, -0.15) is 5.10 Å². The van der Waals surface area contributed by atoms with Gasteiger partial charge in [-0.3, -0.25) is 14.3 Å². The maximum atomic E-state index is 12.2. The lowest BCUT2D eigenvalue weighted by molar-refractivity contribution is -0.136. The summed E-state index contributed by atoms with van der Waals surface area (Å²) in [4.78, 5) is 37.7. The van der Waals surface area contributed by atoms with Crippen molar-refractivity contribution >= 4 is 35.1 Å². The first kappa shape index (κ1) is 22.0. The first-order valence-corrected chi connectivity index (χ1v) is 9.82. The van der Waals surface area contributed by atoms with Crippen molar-refractivity contribution in [3.8, 4) is 0 Å². The minimum atomic E-state index is -0.665. The molecule has 0 saturated heterocycles. The van der Waals surface area contributed by atoms with E-state index in [0.717, 1.165) is 10.5 Å². The molecule has 2 amide bonds. The van der Waals surface area contributed by atoms with Gasteiger partial charge in [0.05, 0.1) is 35.6 Å². The molecule has 0 aliphatic heterocycles. The van der Waals surface area contributed by atoms with Gasteiger partial charge in [-0.05, 0) is 17.7 Å². The number of likely N-dealkylation sites (N-methyl/N-ethyl adjacent to an activating group) is 1. The maximum absolute atomic E-state index is 12.2. The van der Waals surface area contributed by atoms with Gasteiger partial charge in [0.25, 0.3) is 5.91 Å². The molecule has 1 aromatic heterocycles. The van der Waals surface area contributed by atoms with Crippen LogP contribution in [0.25, 0.3) is 0 Å². The zero-order valence-electron chi connectivity index (χ0n) is 16.8. The number of hydrogen-bond acceptors (Lipinski definition) is 5. The molecule has 0 fully saturated rings. The van der Waals surface area contributed by atoms with Gasteiger partial charge in [0, 0.05) is 13.2 Å². The number of nitrogens with one attached hydrogen (secondary N) is 1. The van der Waals surface area contributed by atoms with Crippen LogP contribution in [0.4, 0.5) is 5.69 Å². The molecule has 0 spiro atoms. The third-order valence-electron chi connectivity index (χ3n) is 4.34. The van der Waals surface area contributed by atoms with Crippen molar-refractivity contribution in [1.29, 1.82) is 0 Å². The average molecular weight is 441 g/mol. The topological polar surface area (TPSA) is 93.5 Å². The molecule has 160 valence electrons. The molecule has 31 heavy (non-hydrogen) atoms. The summed E-state index contributed by atoms with van der Waals surface area (Å²) >= 11 is 6.00. The Bertz CT molecular complexity index is 1070. The summed E-state index contributed by atoms with van der Waals surface area (Å²) in [6.45, 7) is -0.189. The van der Waals surface area contributed by atoms with Gasteiger partial charge in [-0.25, -0.2) is 4.79 Å². The average Bonchev–Trinajstić information content (AvgIpc) is 3.22. The number of esters is 1. The van der Waals surface area contributed by atoms with E-state index < -0.39 is 24.4 Å². The third-order valence-corrected chi connectivity index (χ3v) is 4.67. The van der Waals surface area contributed by atoms with Gasteiger partial charge < -0.3 is 15.0 Å². The van der Waals surface area contributed by atoms with Crippen molar-refractivity contribution in [3.05, 3.63) is 83.1 Å². The fourth-order valence-corrected chi connectivity index (χ4v) is 2.89. The number of rotatable bonds is 8. The van der Waals surface area contributed by atoms with Crippen LogP contribution in [-0.2, 0) is 20.9 Å². The quantitative estimate of drug-likeness (QED) is 0.543. The van der Waals surface area contributed by atoms with E-state index >= 15 is 0 Å². The highest BCUT2D eigenvalue weighted by molar-refractivity contribution is 6.33. The number of nitrogens with zero attached hydrogens (tertiary/aromatic N) is 3. The van der Waals surface area contributed by atoms with Crippen LogP contribution in [0, 0.1) is 0 Å². The molecule has 0 atom stereocenters. The highest BCUT2D eigenvalue weighted by Crippen LogP contribution is 2.20. The predicted octanol–water partition coefficient (Wildman–Crippen LogP) is 2.84. The molecule has 3 rings (SSSR count). The van der Waals surface area contributed by atoms with Crippen molar-refractivity contribution < 1.29 is 19.1 Å². The van der Waals surface area contributed by atoms with E-state index in [1.807, 2.05) is 30.3 Å². The molecule has 1 heterocycles. The molecule has 0 aliphatic rings. The summed E-state index contributed by atoms with van der Waals surface area (Å²) in [7, 11) is 1.44. The van der Waals surface area contributed by atoms with E-state index in [-0.39, 0.29) is 12.1 Å². The second kappa shape index (κ2) is 10.4. The Morgan fingerprint density at radius 1 is 1.10 bits per heavy atom. The van der Waals surface area contributed by atoms with E-state index in [9.17, 15) is 14.4 Å². The molecule has 0 aliphatic carbocycles. The Morgan fingerprint density at radius 3 is 2.55 bits per heavy atom. The zero-order chi connectivity index (χ0) is 22.2. The Labute approximate surface area is 184 Å². The second-order valence-electron chi connectivity index (χ2n) is 6.77. The van der Waals surface area contributed by atoms with Gasteiger partial charge in [0.15, 0.2) is 6.61 Å². The number of benzene rings is 2. The van der Waals surface area contributed by atoms with Crippen molar-refractivity contribution in [3.63, 3.8) is 0 Å². The van der Waals surface area contributed by atoms with Crippen LogP contribution in [0.3, 0.4) is 0 Å². The highest BCUT2D eigenvalue weighted by Gasteiger charge is 2.17. The molecule has 1 N–H and O–H groups in total. The fourth-order valence-electron chi connectivity index (χ4n) is 2.70. The lowest BCUT2D eigenvalue weighted by atomic mass is 10.2. The van der Waals surface area contributed by atoms with Gasteiger partial charge in [0.2, 0.25) is 5.91 Å². The zero-order valence-corrected chi connectivity index (χ0v) is 17.6. The molecule has 3 aromatic rings. The smallest absolute Gasteiger partial charge is 0.341 e. The fraction of sp³-hybridized carbons (Fsp3) is 0.182. The molecule has 2 aromatic carbocycles. The van der Waals surface area contributed by atoms with E-state index in [4.69, 9.17) is 16.3 Å². The van der Waals surface area contributed by atoms with Crippen molar-refractivity contribution in [1.82, 2.24) is 14.7 Å². The summed E-state index contributed by atoms with van der Waals surface area (Å²) in [5.74, 6) is -1.60. The van der Waals surface area contributed by atoms with Crippen molar-refractivity contribution in [2.75, 3.05) is 25.5 Å². The minimum absolute atomic E-state index is 0.212. The second-order valence-corrected chi connectivity index (χ2v) is 7.17. The predicted molar refractivity (Wildman–Crippen MR) is 116 cm³/mol. The molecule has 0 unspecified atom stereocenters. The van der Waals surface area contributed by atoms with E-state index in [1.54, 1.807) is 35.1 Å². The van der Waals surface area contributed by atoms with Gasteiger partial charge in [0.1, 0.15) is 0 Å². The van der Waals surface area contributed by atoms with Crippen LogP contribution >= 0.6 is 11.6 Å². The standard InChI is InChI=1S/C22H21ClN4O4/c1-26(14-20(28)25-19-10-6-5-9-18(19)23)21(29)15-31-22(30)17-11-24-27(13-17)12-16-7-3-2-4-8-16/h2-11,13H,12,14-15H2,1H3,(H,25,28). The number of anilines is 1. The minimum Gasteiger partial charge on any atom is -0.452 e.